The molecule has 0 saturated carbocycles. The van der Waals surface area contributed by atoms with Crippen molar-refractivity contribution < 1.29 is 22.1 Å². The van der Waals surface area contributed by atoms with E-state index < -0.39 is 26.4 Å². The number of rotatable bonds is 2. The zero-order valence-electron chi connectivity index (χ0n) is 8.59. The van der Waals surface area contributed by atoms with Gasteiger partial charge in [0.15, 0.2) is 0 Å². The Labute approximate surface area is 91.2 Å². The molecule has 1 aromatic carbocycles. The van der Waals surface area contributed by atoms with Gasteiger partial charge in [0, 0.05) is 6.26 Å². The molecule has 0 aliphatic rings. The number of hydrogen-bond donors (Lipinski definition) is 1. The van der Waals surface area contributed by atoms with Gasteiger partial charge in [-0.1, -0.05) is 0 Å². The van der Waals surface area contributed by atoms with Crippen molar-refractivity contribution in [3.63, 3.8) is 0 Å². The van der Waals surface area contributed by atoms with Crippen molar-refractivity contribution in [2.75, 3.05) is 13.4 Å². The van der Waals surface area contributed by atoms with E-state index in [1.54, 1.807) is 0 Å². The fraction of sp³-hybridized carbons (Fsp3) is 0.333. The molecule has 0 radical (unpaired) electrons. The molecule has 7 heteroatoms. The van der Waals surface area contributed by atoms with Crippen LogP contribution in [0.1, 0.15) is 5.56 Å². The highest BCUT2D eigenvalue weighted by Gasteiger charge is 2.35. The van der Waals surface area contributed by atoms with E-state index in [4.69, 9.17) is 4.78 Å². The summed E-state index contributed by atoms with van der Waals surface area (Å²) in [6.07, 6.45) is -3.70. The number of hydrogen-bond acceptors (Lipinski definition) is 3. The molecule has 1 unspecified atom stereocenters. The van der Waals surface area contributed by atoms with E-state index in [0.29, 0.717) is 0 Å². The molecular formula is C9H10F3NO2S. The molecule has 0 aromatic heterocycles. The van der Waals surface area contributed by atoms with Crippen molar-refractivity contribution >= 4 is 9.73 Å². The van der Waals surface area contributed by atoms with Crippen LogP contribution in [0.4, 0.5) is 13.2 Å². The van der Waals surface area contributed by atoms with E-state index in [1.807, 2.05) is 0 Å². The maximum absolute atomic E-state index is 12.6. The van der Waals surface area contributed by atoms with Crippen molar-refractivity contribution in [3.8, 4) is 5.75 Å². The van der Waals surface area contributed by atoms with Gasteiger partial charge < -0.3 is 4.74 Å². The molecule has 1 rings (SSSR count). The number of ether oxygens (including phenoxy) is 1. The Morgan fingerprint density at radius 1 is 1.38 bits per heavy atom. The number of methoxy groups -OCH3 is 1. The van der Waals surface area contributed by atoms with Crippen LogP contribution >= 0.6 is 0 Å². The Bertz CT molecular complexity index is 494. The molecule has 0 amide bonds. The van der Waals surface area contributed by atoms with Crippen LogP contribution in [0.2, 0.25) is 0 Å². The first-order chi connectivity index (χ1) is 7.16. The average molecular weight is 253 g/mol. The predicted octanol–water partition coefficient (Wildman–Crippen LogP) is 2.75. The van der Waals surface area contributed by atoms with Crippen LogP contribution in [0.3, 0.4) is 0 Å². The minimum absolute atomic E-state index is 0.0136. The maximum Gasteiger partial charge on any atom is 0.417 e. The second-order valence-corrected chi connectivity index (χ2v) is 5.33. The van der Waals surface area contributed by atoms with Crippen LogP contribution in [-0.4, -0.2) is 17.6 Å². The Morgan fingerprint density at radius 3 is 2.31 bits per heavy atom. The molecule has 1 N–H and O–H groups in total. The summed E-state index contributed by atoms with van der Waals surface area (Å²) in [6, 6.07) is 3.01. The lowest BCUT2D eigenvalue weighted by Gasteiger charge is -2.14. The SMILES string of the molecule is COc1ccc(S(C)(=N)=O)c(C(F)(F)F)c1. The first-order valence-electron chi connectivity index (χ1n) is 4.15. The molecule has 1 aromatic rings. The summed E-state index contributed by atoms with van der Waals surface area (Å²) in [4.78, 5) is -0.527. The highest BCUT2D eigenvalue weighted by Crippen LogP contribution is 2.36. The summed E-state index contributed by atoms with van der Waals surface area (Å²) in [6.45, 7) is 0. The molecule has 16 heavy (non-hydrogen) atoms. The molecule has 0 heterocycles. The van der Waals surface area contributed by atoms with Crippen LogP contribution in [-0.2, 0) is 15.9 Å². The van der Waals surface area contributed by atoms with Crippen LogP contribution in [0, 0.1) is 4.78 Å². The summed E-state index contributed by atoms with van der Waals surface area (Å²) in [5.74, 6) is 0.0136. The fourth-order valence-corrected chi connectivity index (χ4v) is 2.12. The molecule has 0 fully saturated rings. The highest BCUT2D eigenvalue weighted by atomic mass is 32.2. The standard InChI is InChI=1S/C9H10F3NO2S/c1-15-6-3-4-8(16(2,13)14)7(5-6)9(10,11)12/h3-5,13H,1-2H3. The van der Waals surface area contributed by atoms with Gasteiger partial charge in [-0.2, -0.15) is 13.2 Å². The Hall–Kier alpha value is -1.24. The predicted molar refractivity (Wildman–Crippen MR) is 53.0 cm³/mol. The number of halogens is 3. The van der Waals surface area contributed by atoms with Gasteiger partial charge >= 0.3 is 6.18 Å². The minimum atomic E-state index is -4.65. The van der Waals surface area contributed by atoms with E-state index in [9.17, 15) is 17.4 Å². The van der Waals surface area contributed by atoms with Crippen molar-refractivity contribution in [1.29, 1.82) is 4.78 Å². The van der Waals surface area contributed by atoms with Gasteiger partial charge in [0.1, 0.15) is 5.75 Å². The molecule has 0 spiro atoms. The van der Waals surface area contributed by atoms with E-state index in [-0.39, 0.29) is 5.75 Å². The van der Waals surface area contributed by atoms with Gasteiger partial charge in [0.2, 0.25) is 0 Å². The monoisotopic (exact) mass is 253 g/mol. The normalized spacial score (nSPS) is 15.6. The van der Waals surface area contributed by atoms with Crippen LogP contribution < -0.4 is 4.74 Å². The van der Waals surface area contributed by atoms with Gasteiger partial charge in [0.25, 0.3) is 0 Å². The molecule has 0 aliphatic heterocycles. The molecule has 0 bridgehead atoms. The average Bonchev–Trinajstić information content (AvgIpc) is 2.14. The van der Waals surface area contributed by atoms with Crippen molar-refractivity contribution in [2.24, 2.45) is 0 Å². The van der Waals surface area contributed by atoms with Gasteiger partial charge in [-0.25, -0.2) is 8.99 Å². The largest absolute Gasteiger partial charge is 0.497 e. The van der Waals surface area contributed by atoms with E-state index >= 15 is 0 Å². The second-order valence-electron chi connectivity index (χ2n) is 3.20. The molecule has 3 nitrogen and oxygen atoms in total. The number of alkyl halides is 3. The lowest BCUT2D eigenvalue weighted by atomic mass is 10.2. The summed E-state index contributed by atoms with van der Waals surface area (Å²) in [5, 5.41) is 0. The molecule has 0 aliphatic carbocycles. The Balaban J connectivity index is 3.52. The van der Waals surface area contributed by atoms with E-state index in [0.717, 1.165) is 18.4 Å². The topological polar surface area (TPSA) is 50.1 Å². The first-order valence-corrected chi connectivity index (χ1v) is 6.12. The molecule has 1 atom stereocenters. The van der Waals surface area contributed by atoms with Crippen LogP contribution in [0.15, 0.2) is 23.1 Å². The zero-order valence-corrected chi connectivity index (χ0v) is 9.41. The number of benzene rings is 1. The van der Waals surface area contributed by atoms with Gasteiger partial charge in [-0.05, 0) is 18.2 Å². The van der Waals surface area contributed by atoms with Crippen molar-refractivity contribution in [1.82, 2.24) is 0 Å². The van der Waals surface area contributed by atoms with Gasteiger partial charge in [0.05, 0.1) is 27.3 Å². The quantitative estimate of drug-likeness (QED) is 0.881. The summed E-state index contributed by atoms with van der Waals surface area (Å²) in [7, 11) is -2.18. The summed E-state index contributed by atoms with van der Waals surface area (Å²) in [5.41, 5.74) is -1.09. The maximum atomic E-state index is 12.6. The van der Waals surface area contributed by atoms with Crippen LogP contribution in [0.5, 0.6) is 5.75 Å². The van der Waals surface area contributed by atoms with E-state index in [1.165, 1.54) is 13.2 Å². The summed E-state index contributed by atoms with van der Waals surface area (Å²) >= 11 is 0. The third-order valence-electron chi connectivity index (χ3n) is 1.91. The molecule has 0 saturated heterocycles. The zero-order chi connectivity index (χ0) is 12.6. The van der Waals surface area contributed by atoms with Crippen molar-refractivity contribution in [3.05, 3.63) is 23.8 Å². The number of nitrogens with one attached hydrogen (secondary N) is 1. The highest BCUT2D eigenvalue weighted by molar-refractivity contribution is 7.91. The van der Waals surface area contributed by atoms with Gasteiger partial charge in [-0.3, -0.25) is 0 Å². The van der Waals surface area contributed by atoms with E-state index in [2.05, 4.69) is 4.74 Å². The fourth-order valence-electron chi connectivity index (χ4n) is 1.20. The molecular weight excluding hydrogens is 243 g/mol. The van der Waals surface area contributed by atoms with Crippen LogP contribution in [0.25, 0.3) is 0 Å². The minimum Gasteiger partial charge on any atom is -0.497 e. The second kappa shape index (κ2) is 3.97. The molecule has 90 valence electrons. The third-order valence-corrected chi connectivity index (χ3v) is 3.11. The Kier molecular flexibility index (Phi) is 3.18. The van der Waals surface area contributed by atoms with Gasteiger partial charge in [-0.15, -0.1) is 0 Å². The lowest BCUT2D eigenvalue weighted by molar-refractivity contribution is -0.139. The lowest BCUT2D eigenvalue weighted by Crippen LogP contribution is -2.12. The third kappa shape index (κ3) is 2.66. The first kappa shape index (κ1) is 12.8. The smallest absolute Gasteiger partial charge is 0.417 e. The van der Waals surface area contributed by atoms with Crippen molar-refractivity contribution in [2.45, 2.75) is 11.1 Å². The summed E-state index contributed by atoms with van der Waals surface area (Å²) < 4.78 is 61.1. The Morgan fingerprint density at radius 2 is 1.94 bits per heavy atom.